The van der Waals surface area contributed by atoms with Gasteiger partial charge in [0.15, 0.2) is 5.82 Å². The highest BCUT2D eigenvalue weighted by molar-refractivity contribution is 6.11. The quantitative estimate of drug-likeness (QED) is 0.171. The van der Waals surface area contributed by atoms with Crippen LogP contribution >= 0.6 is 0 Å². The number of aromatic nitrogens is 3. The number of benzene rings is 9. The lowest BCUT2D eigenvalue weighted by Gasteiger charge is -2.15. The molecule has 0 fully saturated rings. The van der Waals surface area contributed by atoms with Crippen molar-refractivity contribution in [2.24, 2.45) is 0 Å². The van der Waals surface area contributed by atoms with E-state index in [1.165, 1.54) is 65.9 Å². The lowest BCUT2D eigenvalue weighted by Crippen LogP contribution is -1.97. The Bertz CT molecular complexity index is 3270. The SMILES string of the molecule is c1ccc(-c2nc(-c3cccc4ccccc34)cc(-c3ccc(-c4ccc(-c5ccc6c(c5)c5ccccc5n6-c5ccccc5)cc4)c4ccccc34)n2)cc1. The molecule has 0 aliphatic carbocycles. The molecule has 11 rings (SSSR count). The third-order valence-electron chi connectivity index (χ3n) is 11.2. The summed E-state index contributed by atoms with van der Waals surface area (Å²) in [5.41, 5.74) is 13.3. The van der Waals surface area contributed by atoms with Crippen LogP contribution in [-0.4, -0.2) is 14.5 Å². The van der Waals surface area contributed by atoms with E-state index in [9.17, 15) is 0 Å². The summed E-state index contributed by atoms with van der Waals surface area (Å²) < 4.78 is 2.36. The van der Waals surface area contributed by atoms with Crippen LogP contribution in [0.4, 0.5) is 0 Å². The average Bonchev–Trinajstić information content (AvgIpc) is 3.62. The Morgan fingerprint density at radius 2 is 0.842 bits per heavy atom. The van der Waals surface area contributed by atoms with Gasteiger partial charge in [0, 0.05) is 33.2 Å². The Kier molecular flexibility index (Phi) is 7.82. The fourth-order valence-electron chi connectivity index (χ4n) is 8.51. The molecule has 11 aromatic rings. The summed E-state index contributed by atoms with van der Waals surface area (Å²) >= 11 is 0. The highest BCUT2D eigenvalue weighted by Gasteiger charge is 2.17. The monoisotopic (exact) mass is 725 g/mol. The zero-order chi connectivity index (χ0) is 37.7. The molecular formula is C54H35N3. The molecule has 0 atom stereocenters. The maximum Gasteiger partial charge on any atom is 0.160 e. The maximum absolute atomic E-state index is 5.22. The number of para-hydroxylation sites is 2. The highest BCUT2D eigenvalue weighted by Crippen LogP contribution is 2.39. The van der Waals surface area contributed by atoms with Crippen LogP contribution in [0.3, 0.4) is 0 Å². The molecule has 0 radical (unpaired) electrons. The Balaban J connectivity index is 1.00. The second kappa shape index (κ2) is 13.6. The summed E-state index contributed by atoms with van der Waals surface area (Å²) in [6.07, 6.45) is 0. The van der Waals surface area contributed by atoms with Crippen LogP contribution in [0, 0.1) is 0 Å². The predicted octanol–water partition coefficient (Wildman–Crippen LogP) is 14.2. The van der Waals surface area contributed by atoms with Gasteiger partial charge in [-0.15, -0.1) is 0 Å². The van der Waals surface area contributed by atoms with Gasteiger partial charge >= 0.3 is 0 Å². The lowest BCUT2D eigenvalue weighted by atomic mass is 9.92. The second-order valence-corrected chi connectivity index (χ2v) is 14.6. The molecule has 0 aliphatic heterocycles. The van der Waals surface area contributed by atoms with Crippen molar-refractivity contribution < 1.29 is 0 Å². The molecule has 0 amide bonds. The van der Waals surface area contributed by atoms with E-state index in [1.807, 2.05) is 18.2 Å². The molecule has 2 aromatic heterocycles. The van der Waals surface area contributed by atoms with Crippen LogP contribution in [0.2, 0.25) is 0 Å². The molecule has 9 aromatic carbocycles. The first-order valence-corrected chi connectivity index (χ1v) is 19.4. The summed E-state index contributed by atoms with van der Waals surface area (Å²) in [5, 5.41) is 7.21. The number of hydrogen-bond acceptors (Lipinski definition) is 2. The standard InChI is InChI=1S/C54H35N3/c1-3-15-39(16-4-1)54-55-50(46-24-13-17-37-14-7-8-20-42(37)46)35-51(56-54)47-32-31-43(44-21-9-10-22-45(44)47)38-28-26-36(27-29-38)40-30-33-53-49(34-40)48-23-11-12-25-52(48)57(53)41-18-5-2-6-19-41/h1-35H. The Labute approximate surface area is 330 Å². The maximum atomic E-state index is 5.22. The van der Waals surface area contributed by atoms with E-state index in [2.05, 4.69) is 199 Å². The van der Waals surface area contributed by atoms with Crippen molar-refractivity contribution in [2.45, 2.75) is 0 Å². The molecule has 2 heterocycles. The van der Waals surface area contributed by atoms with E-state index < -0.39 is 0 Å². The fraction of sp³-hybridized carbons (Fsp3) is 0. The number of rotatable bonds is 6. The van der Waals surface area contributed by atoms with Crippen molar-refractivity contribution in [3.8, 4) is 61.8 Å². The first-order chi connectivity index (χ1) is 28.3. The Morgan fingerprint density at radius 3 is 1.61 bits per heavy atom. The highest BCUT2D eigenvalue weighted by atomic mass is 15.0. The Morgan fingerprint density at radius 1 is 0.298 bits per heavy atom. The topological polar surface area (TPSA) is 30.7 Å². The van der Waals surface area contributed by atoms with E-state index in [-0.39, 0.29) is 0 Å². The molecule has 0 saturated carbocycles. The molecular weight excluding hydrogens is 691 g/mol. The number of fused-ring (bicyclic) bond motifs is 5. The van der Waals surface area contributed by atoms with E-state index in [0.717, 1.165) is 33.5 Å². The van der Waals surface area contributed by atoms with Crippen molar-refractivity contribution in [3.63, 3.8) is 0 Å². The molecule has 266 valence electrons. The summed E-state index contributed by atoms with van der Waals surface area (Å²) in [4.78, 5) is 10.4. The third-order valence-corrected chi connectivity index (χ3v) is 11.2. The van der Waals surface area contributed by atoms with Crippen molar-refractivity contribution in [2.75, 3.05) is 0 Å². The molecule has 3 heteroatoms. The van der Waals surface area contributed by atoms with Crippen molar-refractivity contribution in [1.29, 1.82) is 0 Å². The molecule has 0 aliphatic rings. The fourth-order valence-corrected chi connectivity index (χ4v) is 8.51. The molecule has 0 saturated heterocycles. The summed E-state index contributed by atoms with van der Waals surface area (Å²) in [6.45, 7) is 0. The van der Waals surface area contributed by atoms with Crippen LogP contribution < -0.4 is 0 Å². The molecule has 0 N–H and O–H groups in total. The van der Waals surface area contributed by atoms with Crippen LogP contribution in [0.25, 0.3) is 105 Å². The zero-order valence-electron chi connectivity index (χ0n) is 31.0. The Hall–Kier alpha value is -7.62. The van der Waals surface area contributed by atoms with E-state index in [4.69, 9.17) is 9.97 Å². The molecule has 0 spiro atoms. The van der Waals surface area contributed by atoms with Crippen LogP contribution in [0.15, 0.2) is 212 Å². The van der Waals surface area contributed by atoms with Gasteiger partial charge in [0.1, 0.15) is 0 Å². The van der Waals surface area contributed by atoms with Crippen molar-refractivity contribution in [3.05, 3.63) is 212 Å². The van der Waals surface area contributed by atoms with Crippen molar-refractivity contribution >= 4 is 43.4 Å². The lowest BCUT2D eigenvalue weighted by molar-refractivity contribution is 1.18. The second-order valence-electron chi connectivity index (χ2n) is 14.6. The van der Waals surface area contributed by atoms with Crippen LogP contribution in [-0.2, 0) is 0 Å². The minimum absolute atomic E-state index is 0.711. The van der Waals surface area contributed by atoms with Gasteiger partial charge in [-0.3, -0.25) is 0 Å². The number of hydrogen-bond donors (Lipinski definition) is 0. The summed E-state index contributed by atoms with van der Waals surface area (Å²) in [7, 11) is 0. The smallest absolute Gasteiger partial charge is 0.160 e. The van der Waals surface area contributed by atoms with Gasteiger partial charge in [0.2, 0.25) is 0 Å². The third kappa shape index (κ3) is 5.68. The summed E-state index contributed by atoms with van der Waals surface area (Å²) in [5.74, 6) is 0.711. The first-order valence-electron chi connectivity index (χ1n) is 19.4. The van der Waals surface area contributed by atoms with Crippen LogP contribution in [0.1, 0.15) is 0 Å². The predicted molar refractivity (Wildman–Crippen MR) is 239 cm³/mol. The van der Waals surface area contributed by atoms with Crippen molar-refractivity contribution in [1.82, 2.24) is 14.5 Å². The normalized spacial score (nSPS) is 11.5. The van der Waals surface area contributed by atoms with Gasteiger partial charge in [0.05, 0.1) is 22.4 Å². The van der Waals surface area contributed by atoms with Gasteiger partial charge in [-0.2, -0.15) is 0 Å². The van der Waals surface area contributed by atoms with Gasteiger partial charge in [0.25, 0.3) is 0 Å². The van der Waals surface area contributed by atoms with E-state index >= 15 is 0 Å². The number of nitrogens with zero attached hydrogens (tertiary/aromatic N) is 3. The largest absolute Gasteiger partial charge is 0.309 e. The van der Waals surface area contributed by atoms with E-state index in [1.54, 1.807) is 0 Å². The first kappa shape index (κ1) is 32.8. The van der Waals surface area contributed by atoms with Crippen LogP contribution in [0.5, 0.6) is 0 Å². The van der Waals surface area contributed by atoms with Gasteiger partial charge < -0.3 is 4.57 Å². The molecule has 0 unspecified atom stereocenters. The summed E-state index contributed by atoms with van der Waals surface area (Å²) in [6, 6.07) is 75.7. The van der Waals surface area contributed by atoms with Gasteiger partial charge in [-0.05, 0) is 80.2 Å². The average molecular weight is 726 g/mol. The minimum atomic E-state index is 0.711. The minimum Gasteiger partial charge on any atom is -0.309 e. The molecule has 57 heavy (non-hydrogen) atoms. The zero-order valence-corrected chi connectivity index (χ0v) is 31.0. The molecule has 0 bridgehead atoms. The van der Waals surface area contributed by atoms with Gasteiger partial charge in [-0.25, -0.2) is 9.97 Å². The van der Waals surface area contributed by atoms with Gasteiger partial charge in [-0.1, -0.05) is 176 Å². The molecule has 3 nitrogen and oxygen atoms in total. The van der Waals surface area contributed by atoms with E-state index in [0.29, 0.717) is 5.82 Å².